The van der Waals surface area contributed by atoms with Crippen LogP contribution in [0.4, 0.5) is 18.9 Å². The Hall–Kier alpha value is -4.47. The van der Waals surface area contributed by atoms with Crippen LogP contribution in [0.1, 0.15) is 23.0 Å². The van der Waals surface area contributed by atoms with Crippen molar-refractivity contribution in [3.8, 4) is 28.1 Å². The molecule has 4 rings (SSSR count). The monoisotopic (exact) mass is 481 g/mol. The zero-order valence-electron chi connectivity index (χ0n) is 18.3. The van der Waals surface area contributed by atoms with E-state index < -0.39 is 22.6 Å². The minimum Gasteiger partial charge on any atom is -0.461 e. The summed E-state index contributed by atoms with van der Waals surface area (Å²) in [7, 11) is 0. The quantitative estimate of drug-likeness (QED) is 0.183. The van der Waals surface area contributed by atoms with E-state index in [9.17, 15) is 28.1 Å². The SMILES string of the molecule is CCOC(=O)c1cc(-c2ccc(-c3ccc(C(F)(F)F)cc3)cc2)n(-c2ccc([N+](=O)[O-])cc2)n1. The lowest BCUT2D eigenvalue weighted by molar-refractivity contribution is -0.384. The van der Waals surface area contributed by atoms with Crippen molar-refractivity contribution in [2.75, 3.05) is 6.61 Å². The van der Waals surface area contributed by atoms with Gasteiger partial charge in [-0.15, -0.1) is 0 Å². The van der Waals surface area contributed by atoms with E-state index in [4.69, 9.17) is 4.74 Å². The van der Waals surface area contributed by atoms with Gasteiger partial charge in [-0.1, -0.05) is 36.4 Å². The summed E-state index contributed by atoms with van der Waals surface area (Å²) in [5.41, 5.74) is 2.25. The molecule has 35 heavy (non-hydrogen) atoms. The van der Waals surface area contributed by atoms with E-state index >= 15 is 0 Å². The van der Waals surface area contributed by atoms with Crippen LogP contribution >= 0.6 is 0 Å². The van der Waals surface area contributed by atoms with Crippen molar-refractivity contribution < 1.29 is 27.6 Å². The van der Waals surface area contributed by atoms with Gasteiger partial charge in [0.15, 0.2) is 5.69 Å². The van der Waals surface area contributed by atoms with E-state index in [0.717, 1.165) is 12.1 Å². The highest BCUT2D eigenvalue weighted by Crippen LogP contribution is 2.32. The number of carbonyl (C=O) groups is 1. The molecule has 0 aliphatic heterocycles. The van der Waals surface area contributed by atoms with E-state index in [1.807, 2.05) is 0 Å². The summed E-state index contributed by atoms with van der Waals surface area (Å²) in [4.78, 5) is 22.8. The number of ether oxygens (including phenoxy) is 1. The number of halogens is 3. The van der Waals surface area contributed by atoms with Crippen LogP contribution in [-0.4, -0.2) is 27.3 Å². The minimum absolute atomic E-state index is 0.0621. The predicted octanol–water partition coefficient (Wildman–Crippen LogP) is 6.31. The third-order valence-electron chi connectivity index (χ3n) is 5.23. The molecule has 0 spiro atoms. The molecular weight excluding hydrogens is 463 g/mol. The highest BCUT2D eigenvalue weighted by atomic mass is 19.4. The molecular formula is C25H18F3N3O4. The van der Waals surface area contributed by atoms with E-state index in [1.165, 1.54) is 41.1 Å². The topological polar surface area (TPSA) is 87.3 Å². The van der Waals surface area contributed by atoms with Crippen molar-refractivity contribution in [2.24, 2.45) is 0 Å². The average molecular weight is 481 g/mol. The van der Waals surface area contributed by atoms with Crippen molar-refractivity contribution in [1.29, 1.82) is 0 Å². The van der Waals surface area contributed by atoms with Crippen molar-refractivity contribution >= 4 is 11.7 Å². The molecule has 1 aromatic heterocycles. The number of hydrogen-bond donors (Lipinski definition) is 0. The molecule has 0 saturated carbocycles. The normalized spacial score (nSPS) is 11.3. The van der Waals surface area contributed by atoms with Crippen LogP contribution in [-0.2, 0) is 10.9 Å². The van der Waals surface area contributed by atoms with Crippen LogP contribution in [0, 0.1) is 10.1 Å². The maximum atomic E-state index is 12.8. The van der Waals surface area contributed by atoms with Gasteiger partial charge >= 0.3 is 12.1 Å². The number of alkyl halides is 3. The maximum Gasteiger partial charge on any atom is 0.416 e. The number of non-ortho nitro benzene ring substituents is 1. The Morgan fingerprint density at radius 2 is 1.49 bits per heavy atom. The molecule has 0 bridgehead atoms. The summed E-state index contributed by atoms with van der Waals surface area (Å²) < 4.78 is 45.0. The van der Waals surface area contributed by atoms with Gasteiger partial charge in [0.1, 0.15) is 0 Å². The fraction of sp³-hybridized carbons (Fsp3) is 0.120. The number of aromatic nitrogens is 2. The summed E-state index contributed by atoms with van der Waals surface area (Å²) >= 11 is 0. The van der Waals surface area contributed by atoms with Gasteiger partial charge in [0, 0.05) is 17.7 Å². The number of hydrogen-bond acceptors (Lipinski definition) is 5. The van der Waals surface area contributed by atoms with Crippen LogP contribution in [0.3, 0.4) is 0 Å². The van der Waals surface area contributed by atoms with Crippen molar-refractivity contribution in [2.45, 2.75) is 13.1 Å². The van der Waals surface area contributed by atoms with Crippen LogP contribution in [0.5, 0.6) is 0 Å². The summed E-state index contributed by atoms with van der Waals surface area (Å²) in [5.74, 6) is -0.615. The zero-order valence-corrected chi connectivity index (χ0v) is 18.3. The number of nitro benzene ring substituents is 1. The molecule has 4 aromatic rings. The molecule has 0 fully saturated rings. The molecule has 10 heteroatoms. The molecule has 7 nitrogen and oxygen atoms in total. The van der Waals surface area contributed by atoms with E-state index in [1.54, 1.807) is 37.3 Å². The van der Waals surface area contributed by atoms with Gasteiger partial charge in [0.25, 0.3) is 5.69 Å². The molecule has 0 N–H and O–H groups in total. The van der Waals surface area contributed by atoms with Crippen LogP contribution in [0.25, 0.3) is 28.1 Å². The number of benzene rings is 3. The Labute approximate surface area is 197 Å². The zero-order chi connectivity index (χ0) is 25.2. The van der Waals surface area contributed by atoms with Gasteiger partial charge in [0.2, 0.25) is 0 Å². The van der Waals surface area contributed by atoms with Gasteiger partial charge in [-0.05, 0) is 48.4 Å². The lowest BCUT2D eigenvalue weighted by Gasteiger charge is -2.10. The first-order valence-electron chi connectivity index (χ1n) is 10.5. The fourth-order valence-corrected chi connectivity index (χ4v) is 3.49. The first kappa shape index (κ1) is 23.7. The largest absolute Gasteiger partial charge is 0.461 e. The molecule has 0 amide bonds. The molecule has 0 aliphatic carbocycles. The Balaban J connectivity index is 1.71. The third kappa shape index (κ3) is 5.06. The van der Waals surface area contributed by atoms with Crippen LogP contribution < -0.4 is 0 Å². The van der Waals surface area contributed by atoms with Gasteiger partial charge < -0.3 is 4.74 Å². The Kier molecular flexibility index (Phi) is 6.37. The van der Waals surface area contributed by atoms with Gasteiger partial charge in [-0.25, -0.2) is 9.48 Å². The van der Waals surface area contributed by atoms with Crippen molar-refractivity contribution in [3.63, 3.8) is 0 Å². The van der Waals surface area contributed by atoms with E-state index in [0.29, 0.717) is 28.1 Å². The Bertz CT molecular complexity index is 1360. The molecule has 0 unspecified atom stereocenters. The number of nitrogens with zero attached hydrogens (tertiary/aromatic N) is 3. The van der Waals surface area contributed by atoms with Gasteiger partial charge in [-0.3, -0.25) is 10.1 Å². The van der Waals surface area contributed by atoms with Crippen LogP contribution in [0.2, 0.25) is 0 Å². The lowest BCUT2D eigenvalue weighted by atomic mass is 10.0. The fourth-order valence-electron chi connectivity index (χ4n) is 3.49. The number of esters is 1. The van der Waals surface area contributed by atoms with E-state index in [2.05, 4.69) is 5.10 Å². The second-order valence-electron chi connectivity index (χ2n) is 7.47. The summed E-state index contributed by atoms with van der Waals surface area (Å²) in [6.45, 7) is 1.84. The number of nitro groups is 1. The van der Waals surface area contributed by atoms with Crippen molar-refractivity contribution in [1.82, 2.24) is 9.78 Å². The van der Waals surface area contributed by atoms with Gasteiger partial charge in [-0.2, -0.15) is 18.3 Å². The summed E-state index contributed by atoms with van der Waals surface area (Å²) in [5, 5.41) is 15.3. The molecule has 1 heterocycles. The molecule has 0 atom stereocenters. The number of rotatable bonds is 6. The molecule has 0 saturated heterocycles. The van der Waals surface area contributed by atoms with Gasteiger partial charge in [0.05, 0.1) is 28.5 Å². The lowest BCUT2D eigenvalue weighted by Crippen LogP contribution is -2.06. The molecule has 3 aromatic carbocycles. The first-order chi connectivity index (χ1) is 16.7. The predicted molar refractivity (Wildman–Crippen MR) is 122 cm³/mol. The second-order valence-corrected chi connectivity index (χ2v) is 7.47. The second kappa shape index (κ2) is 9.41. The van der Waals surface area contributed by atoms with E-state index in [-0.39, 0.29) is 18.0 Å². The minimum atomic E-state index is -4.41. The Morgan fingerprint density at radius 3 is 2.00 bits per heavy atom. The van der Waals surface area contributed by atoms with Crippen molar-refractivity contribution in [3.05, 3.63) is 100 Å². The molecule has 178 valence electrons. The standard InChI is InChI=1S/C25H18F3N3O4/c1-2-35-24(32)22-15-23(30(29-22)20-11-13-21(14-12-20)31(33)34)18-5-3-16(4-6-18)17-7-9-19(10-8-17)25(26,27)28/h3-15H,2H2,1H3. The smallest absolute Gasteiger partial charge is 0.416 e. The van der Waals surface area contributed by atoms with Crippen LogP contribution in [0.15, 0.2) is 78.9 Å². The maximum absolute atomic E-state index is 12.8. The Morgan fingerprint density at radius 1 is 0.943 bits per heavy atom. The molecule has 0 aliphatic rings. The first-order valence-corrected chi connectivity index (χ1v) is 10.5. The number of carbonyl (C=O) groups excluding carboxylic acids is 1. The average Bonchev–Trinajstić information content (AvgIpc) is 3.30. The highest BCUT2D eigenvalue weighted by Gasteiger charge is 2.30. The molecule has 0 radical (unpaired) electrons. The third-order valence-corrected chi connectivity index (χ3v) is 5.23. The summed E-state index contributed by atoms with van der Waals surface area (Å²) in [6.07, 6.45) is -4.41. The summed E-state index contributed by atoms with van der Waals surface area (Å²) in [6, 6.07) is 19.1. The highest BCUT2D eigenvalue weighted by molar-refractivity contribution is 5.89.